The average Bonchev–Trinajstić information content (AvgIpc) is 2.21. The van der Waals surface area contributed by atoms with Crippen molar-refractivity contribution in [3.8, 4) is 0 Å². The molecule has 0 spiro atoms. The molecule has 1 rings (SSSR count). The van der Waals surface area contributed by atoms with Crippen molar-refractivity contribution in [1.29, 1.82) is 0 Å². The Kier molecular flexibility index (Phi) is 3.76. The van der Waals surface area contributed by atoms with Gasteiger partial charge in [-0.2, -0.15) is 0 Å². The molecule has 16 heavy (non-hydrogen) atoms. The number of halogens is 2. The molecule has 0 amide bonds. The van der Waals surface area contributed by atoms with E-state index in [1.54, 1.807) is 6.92 Å². The number of rotatable bonds is 3. The van der Waals surface area contributed by atoms with Crippen molar-refractivity contribution in [2.45, 2.75) is 20.3 Å². The van der Waals surface area contributed by atoms with Crippen molar-refractivity contribution in [2.24, 2.45) is 0 Å². The Morgan fingerprint density at radius 3 is 2.75 bits per heavy atom. The lowest BCUT2D eigenvalue weighted by Gasteiger charge is -2.10. The summed E-state index contributed by atoms with van der Waals surface area (Å²) in [4.78, 5) is 15.0. The molecule has 1 aromatic rings. The Morgan fingerprint density at radius 2 is 2.25 bits per heavy atom. The maximum Gasteiger partial charge on any atom is 0.340 e. The summed E-state index contributed by atoms with van der Waals surface area (Å²) in [6.45, 7) is 3.19. The SMILES string of the molecule is CCOC(=O)c1cc(N)c(C)nc1C(F)F. The van der Waals surface area contributed by atoms with E-state index in [0.29, 0.717) is 0 Å². The molecule has 0 unspecified atom stereocenters. The van der Waals surface area contributed by atoms with Crippen LogP contribution in [0.4, 0.5) is 14.5 Å². The summed E-state index contributed by atoms with van der Waals surface area (Å²) < 4.78 is 29.9. The Labute approximate surface area is 91.4 Å². The van der Waals surface area contributed by atoms with Gasteiger partial charge in [-0.05, 0) is 19.9 Å². The summed E-state index contributed by atoms with van der Waals surface area (Å²) in [6, 6.07) is 1.17. The fourth-order valence-corrected chi connectivity index (χ4v) is 1.18. The molecule has 1 aromatic heterocycles. The van der Waals surface area contributed by atoms with Crippen molar-refractivity contribution in [3.63, 3.8) is 0 Å². The summed E-state index contributed by atoms with van der Waals surface area (Å²) in [6.07, 6.45) is -2.83. The van der Waals surface area contributed by atoms with Crippen LogP contribution in [0.3, 0.4) is 0 Å². The summed E-state index contributed by atoms with van der Waals surface area (Å²) in [5.74, 6) is -0.836. The van der Waals surface area contributed by atoms with E-state index in [9.17, 15) is 13.6 Å². The van der Waals surface area contributed by atoms with Gasteiger partial charge in [-0.1, -0.05) is 0 Å². The number of carbonyl (C=O) groups excluding carboxylic acids is 1. The zero-order chi connectivity index (χ0) is 12.3. The van der Waals surface area contributed by atoms with Crippen LogP contribution in [0, 0.1) is 6.92 Å². The summed E-state index contributed by atoms with van der Waals surface area (Å²) >= 11 is 0. The number of hydrogen-bond acceptors (Lipinski definition) is 4. The first-order chi connectivity index (χ1) is 7.47. The molecule has 6 heteroatoms. The van der Waals surface area contributed by atoms with Gasteiger partial charge in [0.1, 0.15) is 5.69 Å². The molecule has 0 atom stereocenters. The van der Waals surface area contributed by atoms with Gasteiger partial charge >= 0.3 is 5.97 Å². The number of nitrogens with zero attached hydrogens (tertiary/aromatic N) is 1. The summed E-state index contributed by atoms with van der Waals surface area (Å²) in [7, 11) is 0. The lowest BCUT2D eigenvalue weighted by atomic mass is 10.1. The molecule has 0 radical (unpaired) electrons. The van der Waals surface area contributed by atoms with E-state index < -0.39 is 18.1 Å². The van der Waals surface area contributed by atoms with Gasteiger partial charge in [-0.3, -0.25) is 0 Å². The van der Waals surface area contributed by atoms with Crippen molar-refractivity contribution < 1.29 is 18.3 Å². The van der Waals surface area contributed by atoms with Crippen molar-refractivity contribution in [3.05, 3.63) is 23.0 Å². The lowest BCUT2D eigenvalue weighted by molar-refractivity contribution is 0.0513. The van der Waals surface area contributed by atoms with Crippen LogP contribution in [-0.2, 0) is 4.74 Å². The number of nitrogen functional groups attached to an aromatic ring is 1. The van der Waals surface area contributed by atoms with Crippen LogP contribution >= 0.6 is 0 Å². The summed E-state index contributed by atoms with van der Waals surface area (Å²) in [5.41, 5.74) is 5.09. The van der Waals surface area contributed by atoms with Crippen LogP contribution in [0.25, 0.3) is 0 Å². The third kappa shape index (κ3) is 2.44. The van der Waals surface area contributed by atoms with E-state index in [1.165, 1.54) is 13.0 Å². The monoisotopic (exact) mass is 230 g/mol. The van der Waals surface area contributed by atoms with Gasteiger partial charge in [0, 0.05) is 0 Å². The standard InChI is InChI=1S/C10H12F2N2O2/c1-3-16-10(15)6-4-7(13)5(2)14-8(6)9(11)12/h4,9H,3,13H2,1-2H3. The van der Waals surface area contributed by atoms with Crippen LogP contribution in [0.5, 0.6) is 0 Å². The van der Waals surface area contributed by atoms with E-state index in [2.05, 4.69) is 9.72 Å². The predicted molar refractivity (Wildman–Crippen MR) is 54.3 cm³/mol. The zero-order valence-electron chi connectivity index (χ0n) is 8.96. The Morgan fingerprint density at radius 1 is 1.62 bits per heavy atom. The van der Waals surface area contributed by atoms with Gasteiger partial charge in [0.25, 0.3) is 6.43 Å². The first-order valence-corrected chi connectivity index (χ1v) is 4.69. The first-order valence-electron chi connectivity index (χ1n) is 4.69. The van der Waals surface area contributed by atoms with Gasteiger partial charge in [-0.25, -0.2) is 18.6 Å². The fourth-order valence-electron chi connectivity index (χ4n) is 1.18. The van der Waals surface area contributed by atoms with Crippen molar-refractivity contribution in [1.82, 2.24) is 4.98 Å². The largest absolute Gasteiger partial charge is 0.462 e. The third-order valence-corrected chi connectivity index (χ3v) is 1.98. The minimum absolute atomic E-state index is 0.106. The van der Waals surface area contributed by atoms with Crippen LogP contribution < -0.4 is 5.73 Å². The first kappa shape index (κ1) is 12.4. The highest BCUT2D eigenvalue weighted by atomic mass is 19.3. The average molecular weight is 230 g/mol. The molecule has 0 saturated carbocycles. The fraction of sp³-hybridized carbons (Fsp3) is 0.400. The van der Waals surface area contributed by atoms with Gasteiger partial charge < -0.3 is 10.5 Å². The van der Waals surface area contributed by atoms with E-state index in [1.807, 2.05) is 0 Å². The number of nitrogens with two attached hydrogens (primary N) is 1. The molecule has 4 nitrogen and oxygen atoms in total. The number of aryl methyl sites for hydroxylation is 1. The van der Waals surface area contributed by atoms with Crippen molar-refractivity contribution in [2.75, 3.05) is 12.3 Å². The second kappa shape index (κ2) is 4.87. The Balaban J connectivity index is 3.24. The van der Waals surface area contributed by atoms with E-state index >= 15 is 0 Å². The molecule has 1 heterocycles. The molecule has 0 aliphatic carbocycles. The number of anilines is 1. The number of pyridine rings is 1. The van der Waals surface area contributed by atoms with Crippen LogP contribution in [0.2, 0.25) is 0 Å². The minimum atomic E-state index is -2.83. The number of aromatic nitrogens is 1. The van der Waals surface area contributed by atoms with Crippen LogP contribution in [0.15, 0.2) is 6.07 Å². The number of hydrogen-bond donors (Lipinski definition) is 1. The Bertz CT molecular complexity index is 408. The molecule has 0 fully saturated rings. The Hall–Kier alpha value is -1.72. The van der Waals surface area contributed by atoms with E-state index in [0.717, 1.165) is 0 Å². The number of esters is 1. The second-order valence-corrected chi connectivity index (χ2v) is 3.12. The molecular formula is C10H12F2N2O2. The highest BCUT2D eigenvalue weighted by Gasteiger charge is 2.22. The topological polar surface area (TPSA) is 65.2 Å². The molecule has 0 bridgehead atoms. The van der Waals surface area contributed by atoms with Gasteiger partial charge in [0.2, 0.25) is 0 Å². The van der Waals surface area contributed by atoms with Gasteiger partial charge in [-0.15, -0.1) is 0 Å². The van der Waals surface area contributed by atoms with Crippen molar-refractivity contribution >= 4 is 11.7 Å². The molecule has 0 saturated heterocycles. The molecule has 0 aromatic carbocycles. The van der Waals surface area contributed by atoms with Crippen LogP contribution in [-0.4, -0.2) is 17.6 Å². The summed E-state index contributed by atoms with van der Waals surface area (Å²) in [5, 5.41) is 0. The minimum Gasteiger partial charge on any atom is -0.462 e. The molecule has 0 aliphatic rings. The highest BCUT2D eigenvalue weighted by molar-refractivity contribution is 5.91. The third-order valence-electron chi connectivity index (χ3n) is 1.98. The lowest BCUT2D eigenvalue weighted by Crippen LogP contribution is -2.12. The molecule has 2 N–H and O–H groups in total. The predicted octanol–water partition coefficient (Wildman–Crippen LogP) is 2.09. The second-order valence-electron chi connectivity index (χ2n) is 3.12. The smallest absolute Gasteiger partial charge is 0.340 e. The van der Waals surface area contributed by atoms with E-state index in [-0.39, 0.29) is 23.6 Å². The normalized spacial score (nSPS) is 10.6. The molecule has 88 valence electrons. The molecule has 0 aliphatic heterocycles. The number of alkyl halides is 2. The van der Waals surface area contributed by atoms with E-state index in [4.69, 9.17) is 5.73 Å². The maximum atomic E-state index is 12.6. The quantitative estimate of drug-likeness (QED) is 0.807. The molecular weight excluding hydrogens is 218 g/mol. The zero-order valence-corrected chi connectivity index (χ0v) is 8.96. The maximum absolute atomic E-state index is 12.6. The van der Waals surface area contributed by atoms with Crippen LogP contribution in [0.1, 0.15) is 35.1 Å². The highest BCUT2D eigenvalue weighted by Crippen LogP contribution is 2.24. The number of ether oxygens (including phenoxy) is 1. The number of carbonyl (C=O) groups is 1. The van der Waals surface area contributed by atoms with Gasteiger partial charge in [0.15, 0.2) is 0 Å². The van der Waals surface area contributed by atoms with Gasteiger partial charge in [0.05, 0.1) is 23.6 Å².